The lowest BCUT2D eigenvalue weighted by Gasteiger charge is -2.30. The second kappa shape index (κ2) is 6.02. The zero-order valence-corrected chi connectivity index (χ0v) is 11.1. The second-order valence-electron chi connectivity index (χ2n) is 6.42. The molecule has 96 valence electrons. The third kappa shape index (κ3) is 4.42. The second-order valence-corrected chi connectivity index (χ2v) is 6.42. The van der Waals surface area contributed by atoms with Gasteiger partial charge in [-0.1, -0.05) is 40.0 Å². The first-order chi connectivity index (χ1) is 7.41. The van der Waals surface area contributed by atoms with Gasteiger partial charge >= 0.3 is 0 Å². The van der Waals surface area contributed by atoms with Crippen LogP contribution in [0.15, 0.2) is 0 Å². The van der Waals surface area contributed by atoms with E-state index in [0.717, 1.165) is 12.8 Å². The van der Waals surface area contributed by atoms with Gasteiger partial charge in [-0.05, 0) is 37.0 Å². The Morgan fingerprint density at radius 2 is 1.56 bits per heavy atom. The third-order valence-corrected chi connectivity index (χ3v) is 3.93. The lowest BCUT2D eigenvalue weighted by Crippen LogP contribution is -2.29. The van der Waals surface area contributed by atoms with E-state index >= 15 is 0 Å². The fourth-order valence-corrected chi connectivity index (χ4v) is 2.52. The van der Waals surface area contributed by atoms with Gasteiger partial charge in [-0.2, -0.15) is 0 Å². The number of aliphatic hydroxyl groups is 2. The molecule has 0 radical (unpaired) electrons. The summed E-state index contributed by atoms with van der Waals surface area (Å²) in [6.45, 7) is 6.14. The maximum atomic E-state index is 10.1. The predicted octanol–water partition coefficient (Wildman–Crippen LogP) is 3.11. The zero-order valence-electron chi connectivity index (χ0n) is 11.1. The van der Waals surface area contributed by atoms with Crippen LogP contribution < -0.4 is 0 Å². The summed E-state index contributed by atoms with van der Waals surface area (Å²) in [5.74, 6) is 0.487. The van der Waals surface area contributed by atoms with Crippen LogP contribution in [0.1, 0.15) is 65.7 Å². The largest absolute Gasteiger partial charge is 0.393 e. The van der Waals surface area contributed by atoms with Gasteiger partial charge in [0.05, 0.1) is 12.2 Å². The Kier molecular flexibility index (Phi) is 5.26. The molecule has 0 saturated heterocycles. The molecule has 2 nitrogen and oxygen atoms in total. The van der Waals surface area contributed by atoms with E-state index in [9.17, 15) is 10.2 Å². The Hall–Kier alpha value is -0.0800. The van der Waals surface area contributed by atoms with Crippen LogP contribution in [0, 0.1) is 11.3 Å². The van der Waals surface area contributed by atoms with E-state index in [1.807, 2.05) is 20.8 Å². The molecule has 1 saturated carbocycles. The Bertz CT molecular complexity index is 189. The minimum atomic E-state index is -0.300. The molecule has 0 aromatic heterocycles. The van der Waals surface area contributed by atoms with Gasteiger partial charge in [0.15, 0.2) is 0 Å². The molecule has 0 aromatic rings. The lowest BCUT2D eigenvalue weighted by molar-refractivity contribution is 0.0216. The van der Waals surface area contributed by atoms with Crippen LogP contribution in [0.4, 0.5) is 0 Å². The van der Waals surface area contributed by atoms with Gasteiger partial charge in [0.2, 0.25) is 0 Å². The molecule has 1 aliphatic rings. The van der Waals surface area contributed by atoms with Gasteiger partial charge in [0.25, 0.3) is 0 Å². The molecule has 16 heavy (non-hydrogen) atoms. The Morgan fingerprint density at radius 1 is 1.00 bits per heavy atom. The molecule has 2 atom stereocenters. The van der Waals surface area contributed by atoms with Crippen molar-refractivity contribution >= 4 is 0 Å². The summed E-state index contributed by atoms with van der Waals surface area (Å²) in [6.07, 6.45) is 7.19. The first-order valence-corrected chi connectivity index (χ1v) is 6.77. The van der Waals surface area contributed by atoms with Gasteiger partial charge in [-0.3, -0.25) is 0 Å². The average Bonchev–Trinajstić information content (AvgIpc) is 2.25. The van der Waals surface area contributed by atoms with Crippen molar-refractivity contribution in [2.24, 2.45) is 11.3 Å². The number of rotatable bonds is 4. The Balaban J connectivity index is 2.26. The standard InChI is InChI=1S/C14H28O2/c1-14(2,3)13(16)10-9-12(15)11-7-5-4-6-8-11/h11-13,15-16H,4-10H2,1-3H3/t12-,13+/m0/s1. The highest BCUT2D eigenvalue weighted by Gasteiger charge is 2.26. The van der Waals surface area contributed by atoms with Crippen LogP contribution >= 0.6 is 0 Å². The van der Waals surface area contributed by atoms with Gasteiger partial charge in [0.1, 0.15) is 0 Å². The molecular formula is C14H28O2. The quantitative estimate of drug-likeness (QED) is 0.776. The summed E-state index contributed by atoms with van der Waals surface area (Å²) in [4.78, 5) is 0. The summed E-state index contributed by atoms with van der Waals surface area (Å²) < 4.78 is 0. The minimum absolute atomic E-state index is 0.0632. The van der Waals surface area contributed by atoms with E-state index in [1.165, 1.54) is 32.1 Å². The molecule has 0 amide bonds. The van der Waals surface area contributed by atoms with Crippen molar-refractivity contribution in [2.45, 2.75) is 77.9 Å². The molecule has 1 fully saturated rings. The summed E-state index contributed by atoms with van der Waals surface area (Å²) in [5.41, 5.74) is -0.0632. The van der Waals surface area contributed by atoms with Crippen molar-refractivity contribution in [3.63, 3.8) is 0 Å². The van der Waals surface area contributed by atoms with Crippen molar-refractivity contribution < 1.29 is 10.2 Å². The first-order valence-electron chi connectivity index (χ1n) is 6.77. The molecule has 0 aliphatic heterocycles. The Labute approximate surface area is 100 Å². The normalized spacial score (nSPS) is 23.1. The predicted molar refractivity (Wildman–Crippen MR) is 67.3 cm³/mol. The molecule has 1 rings (SSSR count). The Morgan fingerprint density at radius 3 is 2.06 bits per heavy atom. The zero-order chi connectivity index (χ0) is 12.2. The number of hydrogen-bond donors (Lipinski definition) is 2. The SMILES string of the molecule is CC(C)(C)[C@H](O)CC[C@H](O)C1CCCCC1. The highest BCUT2D eigenvalue weighted by molar-refractivity contribution is 4.77. The molecule has 2 N–H and O–H groups in total. The van der Waals surface area contributed by atoms with Gasteiger partial charge in [0, 0.05) is 0 Å². The van der Waals surface area contributed by atoms with Gasteiger partial charge < -0.3 is 10.2 Å². The number of aliphatic hydroxyl groups excluding tert-OH is 2. The highest BCUT2D eigenvalue weighted by Crippen LogP contribution is 2.30. The minimum Gasteiger partial charge on any atom is -0.393 e. The molecule has 0 aromatic carbocycles. The number of hydrogen-bond acceptors (Lipinski definition) is 2. The van der Waals surface area contributed by atoms with Gasteiger partial charge in [-0.25, -0.2) is 0 Å². The maximum Gasteiger partial charge on any atom is 0.0589 e. The van der Waals surface area contributed by atoms with Crippen molar-refractivity contribution in [3.8, 4) is 0 Å². The summed E-state index contributed by atoms with van der Waals surface area (Å²) in [6, 6.07) is 0. The van der Waals surface area contributed by atoms with E-state index < -0.39 is 0 Å². The monoisotopic (exact) mass is 228 g/mol. The maximum absolute atomic E-state index is 10.1. The lowest BCUT2D eigenvalue weighted by atomic mass is 9.81. The van der Waals surface area contributed by atoms with Crippen LogP contribution in [-0.4, -0.2) is 22.4 Å². The molecule has 0 unspecified atom stereocenters. The third-order valence-electron chi connectivity index (χ3n) is 3.93. The fraction of sp³-hybridized carbons (Fsp3) is 1.00. The van der Waals surface area contributed by atoms with E-state index in [1.54, 1.807) is 0 Å². The molecule has 2 heteroatoms. The van der Waals surface area contributed by atoms with Crippen molar-refractivity contribution in [1.29, 1.82) is 0 Å². The average molecular weight is 228 g/mol. The smallest absolute Gasteiger partial charge is 0.0589 e. The van der Waals surface area contributed by atoms with Gasteiger partial charge in [-0.15, -0.1) is 0 Å². The van der Waals surface area contributed by atoms with E-state index in [-0.39, 0.29) is 17.6 Å². The fourth-order valence-electron chi connectivity index (χ4n) is 2.52. The van der Waals surface area contributed by atoms with E-state index in [0.29, 0.717) is 5.92 Å². The van der Waals surface area contributed by atoms with Crippen molar-refractivity contribution in [3.05, 3.63) is 0 Å². The molecule has 0 spiro atoms. The van der Waals surface area contributed by atoms with E-state index in [4.69, 9.17) is 0 Å². The van der Waals surface area contributed by atoms with Crippen LogP contribution in [0.25, 0.3) is 0 Å². The van der Waals surface area contributed by atoms with Crippen molar-refractivity contribution in [1.82, 2.24) is 0 Å². The molecular weight excluding hydrogens is 200 g/mol. The summed E-state index contributed by atoms with van der Waals surface area (Å²) in [5, 5.41) is 20.0. The van der Waals surface area contributed by atoms with Crippen LogP contribution in [0.3, 0.4) is 0 Å². The topological polar surface area (TPSA) is 40.5 Å². The van der Waals surface area contributed by atoms with Crippen LogP contribution in [0.5, 0.6) is 0 Å². The summed E-state index contributed by atoms with van der Waals surface area (Å²) in [7, 11) is 0. The van der Waals surface area contributed by atoms with Crippen LogP contribution in [-0.2, 0) is 0 Å². The molecule has 1 aliphatic carbocycles. The van der Waals surface area contributed by atoms with E-state index in [2.05, 4.69) is 0 Å². The highest BCUT2D eigenvalue weighted by atomic mass is 16.3. The van der Waals surface area contributed by atoms with Crippen molar-refractivity contribution in [2.75, 3.05) is 0 Å². The first kappa shape index (κ1) is 14.0. The van der Waals surface area contributed by atoms with Crippen LogP contribution in [0.2, 0.25) is 0 Å². The summed E-state index contributed by atoms with van der Waals surface area (Å²) >= 11 is 0. The molecule has 0 bridgehead atoms. The molecule has 0 heterocycles.